The molecule has 1 aliphatic heterocycles. The van der Waals surface area contributed by atoms with Gasteiger partial charge in [-0.2, -0.15) is 0 Å². The topological polar surface area (TPSA) is 68.0 Å². The van der Waals surface area contributed by atoms with E-state index in [1.807, 2.05) is 30.0 Å². The predicted octanol–water partition coefficient (Wildman–Crippen LogP) is 2.29. The van der Waals surface area contributed by atoms with E-state index >= 15 is 0 Å². The number of amides is 1. The standard InChI is InChI=1S/C19H31N3O3.ClH/c1-5-8-19(2,20)18(23)22-11-9-21(10-12-22)14-15-13-16(24-3)6-7-17(15)25-4;/h6-7,13H,5,8-12,14,20H2,1-4H3;1H. The van der Waals surface area contributed by atoms with E-state index in [2.05, 4.69) is 11.8 Å². The second-order valence-electron chi connectivity index (χ2n) is 6.91. The number of benzene rings is 1. The van der Waals surface area contributed by atoms with Crippen LogP contribution in [0.25, 0.3) is 0 Å². The molecule has 0 aliphatic carbocycles. The van der Waals surface area contributed by atoms with Crippen LogP contribution in [0.4, 0.5) is 0 Å². The summed E-state index contributed by atoms with van der Waals surface area (Å²) in [5, 5.41) is 0. The molecule has 1 saturated heterocycles. The second-order valence-corrected chi connectivity index (χ2v) is 6.91. The van der Waals surface area contributed by atoms with Crippen molar-refractivity contribution in [1.82, 2.24) is 9.80 Å². The summed E-state index contributed by atoms with van der Waals surface area (Å²) in [6.45, 7) is 7.74. The summed E-state index contributed by atoms with van der Waals surface area (Å²) in [6.07, 6.45) is 1.63. The summed E-state index contributed by atoms with van der Waals surface area (Å²) in [5.74, 6) is 1.74. The van der Waals surface area contributed by atoms with Crippen LogP contribution in [0.3, 0.4) is 0 Å². The Kier molecular flexibility index (Phi) is 8.67. The summed E-state index contributed by atoms with van der Waals surface area (Å²) in [6, 6.07) is 5.84. The molecule has 0 bridgehead atoms. The van der Waals surface area contributed by atoms with Gasteiger partial charge in [0.2, 0.25) is 5.91 Å². The van der Waals surface area contributed by atoms with Crippen molar-refractivity contribution in [3.8, 4) is 11.5 Å². The molecule has 148 valence electrons. The largest absolute Gasteiger partial charge is 0.497 e. The SMILES string of the molecule is CCCC(C)(N)C(=O)N1CCN(Cc2cc(OC)ccc2OC)CC1.Cl. The third kappa shape index (κ3) is 5.50. The molecule has 1 aromatic carbocycles. The van der Waals surface area contributed by atoms with Crippen molar-refractivity contribution >= 4 is 18.3 Å². The van der Waals surface area contributed by atoms with E-state index in [1.165, 1.54) is 0 Å². The molecule has 1 aliphatic rings. The van der Waals surface area contributed by atoms with E-state index in [1.54, 1.807) is 14.2 Å². The highest BCUT2D eigenvalue weighted by molar-refractivity contribution is 5.86. The summed E-state index contributed by atoms with van der Waals surface area (Å²) >= 11 is 0. The molecule has 0 spiro atoms. The number of carbonyl (C=O) groups excluding carboxylic acids is 1. The monoisotopic (exact) mass is 385 g/mol. The summed E-state index contributed by atoms with van der Waals surface area (Å²) in [5.41, 5.74) is 6.53. The zero-order valence-electron chi connectivity index (χ0n) is 16.3. The number of halogens is 1. The lowest BCUT2D eigenvalue weighted by Crippen LogP contribution is -2.58. The van der Waals surface area contributed by atoms with Crippen molar-refractivity contribution in [2.45, 2.75) is 38.8 Å². The predicted molar refractivity (Wildman–Crippen MR) is 106 cm³/mol. The van der Waals surface area contributed by atoms with Crippen LogP contribution in [0.15, 0.2) is 18.2 Å². The highest BCUT2D eigenvalue weighted by atomic mass is 35.5. The van der Waals surface area contributed by atoms with E-state index in [0.29, 0.717) is 19.5 Å². The van der Waals surface area contributed by atoms with Crippen LogP contribution in [0, 0.1) is 0 Å². The number of hydrogen-bond donors (Lipinski definition) is 1. The van der Waals surface area contributed by atoms with E-state index in [4.69, 9.17) is 15.2 Å². The number of nitrogens with two attached hydrogens (primary N) is 1. The van der Waals surface area contributed by atoms with Crippen LogP contribution >= 0.6 is 12.4 Å². The highest BCUT2D eigenvalue weighted by Gasteiger charge is 2.33. The molecule has 2 N–H and O–H groups in total. The first kappa shape index (κ1) is 22.5. The molecule has 6 nitrogen and oxygen atoms in total. The van der Waals surface area contributed by atoms with Gasteiger partial charge in [0, 0.05) is 38.3 Å². The Morgan fingerprint density at radius 1 is 1.19 bits per heavy atom. The Morgan fingerprint density at radius 2 is 1.85 bits per heavy atom. The summed E-state index contributed by atoms with van der Waals surface area (Å²) in [7, 11) is 3.34. The number of hydrogen-bond acceptors (Lipinski definition) is 5. The zero-order chi connectivity index (χ0) is 18.4. The van der Waals surface area contributed by atoms with Crippen LogP contribution < -0.4 is 15.2 Å². The van der Waals surface area contributed by atoms with Gasteiger partial charge >= 0.3 is 0 Å². The number of piperazine rings is 1. The minimum atomic E-state index is -0.757. The van der Waals surface area contributed by atoms with Crippen molar-refractivity contribution < 1.29 is 14.3 Å². The molecule has 0 radical (unpaired) electrons. The maximum atomic E-state index is 12.6. The quantitative estimate of drug-likeness (QED) is 0.779. The Morgan fingerprint density at radius 3 is 2.38 bits per heavy atom. The Bertz CT molecular complexity index is 587. The lowest BCUT2D eigenvalue weighted by atomic mass is 9.95. The Labute approximate surface area is 163 Å². The van der Waals surface area contributed by atoms with E-state index in [0.717, 1.165) is 43.1 Å². The van der Waals surface area contributed by atoms with Gasteiger partial charge in [-0.25, -0.2) is 0 Å². The maximum Gasteiger partial charge on any atom is 0.242 e. The first-order valence-electron chi connectivity index (χ1n) is 8.92. The van der Waals surface area contributed by atoms with Gasteiger partial charge in [0.1, 0.15) is 11.5 Å². The molecule has 1 aromatic rings. The fourth-order valence-corrected chi connectivity index (χ4v) is 3.34. The minimum absolute atomic E-state index is 0. The summed E-state index contributed by atoms with van der Waals surface area (Å²) < 4.78 is 10.8. The van der Waals surface area contributed by atoms with Crippen molar-refractivity contribution in [2.75, 3.05) is 40.4 Å². The first-order valence-corrected chi connectivity index (χ1v) is 8.92. The van der Waals surface area contributed by atoms with Gasteiger partial charge in [0.05, 0.1) is 19.8 Å². The molecule has 7 heteroatoms. The van der Waals surface area contributed by atoms with Crippen molar-refractivity contribution in [3.63, 3.8) is 0 Å². The summed E-state index contributed by atoms with van der Waals surface area (Å²) in [4.78, 5) is 16.8. The minimum Gasteiger partial charge on any atom is -0.497 e. The van der Waals surface area contributed by atoms with Crippen LogP contribution in [-0.2, 0) is 11.3 Å². The Balaban J connectivity index is 0.00000338. The third-order valence-corrected chi connectivity index (χ3v) is 4.80. The number of carbonyl (C=O) groups is 1. The van der Waals surface area contributed by atoms with Crippen molar-refractivity contribution in [3.05, 3.63) is 23.8 Å². The Hall–Kier alpha value is -1.50. The van der Waals surface area contributed by atoms with E-state index in [9.17, 15) is 4.79 Å². The molecule has 1 atom stereocenters. The number of methoxy groups -OCH3 is 2. The molecular weight excluding hydrogens is 354 g/mol. The number of rotatable bonds is 7. The van der Waals surface area contributed by atoms with Crippen molar-refractivity contribution in [1.29, 1.82) is 0 Å². The van der Waals surface area contributed by atoms with Gasteiger partial charge in [-0.1, -0.05) is 13.3 Å². The number of ether oxygens (including phenoxy) is 2. The van der Waals surface area contributed by atoms with Gasteiger partial charge < -0.3 is 20.1 Å². The first-order chi connectivity index (χ1) is 11.9. The van der Waals surface area contributed by atoms with Crippen LogP contribution in [-0.4, -0.2) is 61.6 Å². The van der Waals surface area contributed by atoms with E-state index < -0.39 is 5.54 Å². The van der Waals surface area contributed by atoms with E-state index in [-0.39, 0.29) is 18.3 Å². The lowest BCUT2D eigenvalue weighted by molar-refractivity contribution is -0.138. The third-order valence-electron chi connectivity index (χ3n) is 4.80. The molecule has 1 heterocycles. The molecule has 2 rings (SSSR count). The highest BCUT2D eigenvalue weighted by Crippen LogP contribution is 2.26. The van der Waals surface area contributed by atoms with Gasteiger partial charge in [-0.05, 0) is 31.5 Å². The normalized spacial score (nSPS) is 17.2. The number of nitrogens with zero attached hydrogens (tertiary/aromatic N) is 2. The fraction of sp³-hybridized carbons (Fsp3) is 0.632. The molecule has 1 unspecified atom stereocenters. The average Bonchev–Trinajstić information content (AvgIpc) is 2.61. The van der Waals surface area contributed by atoms with Crippen LogP contribution in [0.1, 0.15) is 32.3 Å². The lowest BCUT2D eigenvalue weighted by Gasteiger charge is -2.38. The smallest absolute Gasteiger partial charge is 0.242 e. The molecule has 0 saturated carbocycles. The second kappa shape index (κ2) is 10.00. The van der Waals surface area contributed by atoms with Crippen LogP contribution in [0.5, 0.6) is 11.5 Å². The fourth-order valence-electron chi connectivity index (χ4n) is 3.34. The molecule has 0 aromatic heterocycles. The zero-order valence-corrected chi connectivity index (χ0v) is 17.1. The van der Waals surface area contributed by atoms with Crippen LogP contribution in [0.2, 0.25) is 0 Å². The van der Waals surface area contributed by atoms with Gasteiger partial charge in [0.15, 0.2) is 0 Å². The molecule has 1 amide bonds. The van der Waals surface area contributed by atoms with Gasteiger partial charge in [0.25, 0.3) is 0 Å². The van der Waals surface area contributed by atoms with Gasteiger partial charge in [-0.3, -0.25) is 9.69 Å². The molecule has 26 heavy (non-hydrogen) atoms. The maximum absolute atomic E-state index is 12.6. The molecular formula is C19H32ClN3O3. The van der Waals surface area contributed by atoms with Gasteiger partial charge in [-0.15, -0.1) is 12.4 Å². The van der Waals surface area contributed by atoms with Crippen molar-refractivity contribution in [2.24, 2.45) is 5.73 Å². The average molecular weight is 386 g/mol. The molecule has 1 fully saturated rings.